The topological polar surface area (TPSA) is 63.7 Å². The molecule has 0 radical (unpaired) electrons. The van der Waals surface area contributed by atoms with Crippen LogP contribution in [0.4, 0.5) is 5.69 Å². The lowest BCUT2D eigenvalue weighted by Crippen LogP contribution is -2.26. The highest BCUT2D eigenvalue weighted by Gasteiger charge is 2.17. The predicted molar refractivity (Wildman–Crippen MR) is 91.2 cm³/mol. The molecule has 0 aliphatic rings. The Morgan fingerprint density at radius 1 is 0.958 bits per heavy atom. The smallest absolute Gasteiger partial charge is 0.313 e. The van der Waals surface area contributed by atoms with E-state index in [1.807, 2.05) is 30.3 Å². The van der Waals surface area contributed by atoms with E-state index in [1.54, 1.807) is 32.2 Å². The first-order chi connectivity index (χ1) is 11.5. The average molecular weight is 325 g/mol. The van der Waals surface area contributed by atoms with Crippen molar-refractivity contribution in [3.05, 3.63) is 65.7 Å². The summed E-state index contributed by atoms with van der Waals surface area (Å²) < 4.78 is 4.77. The van der Waals surface area contributed by atoms with Crippen LogP contribution in [-0.4, -0.2) is 31.3 Å². The van der Waals surface area contributed by atoms with Crippen LogP contribution in [0.15, 0.2) is 54.6 Å². The van der Waals surface area contributed by atoms with E-state index in [-0.39, 0.29) is 24.7 Å². The van der Waals surface area contributed by atoms with Crippen molar-refractivity contribution in [1.82, 2.24) is 0 Å². The minimum Gasteiger partial charge on any atom is -0.466 e. The van der Waals surface area contributed by atoms with Gasteiger partial charge in [0.2, 0.25) is 0 Å². The van der Waals surface area contributed by atoms with Gasteiger partial charge in [-0.1, -0.05) is 30.3 Å². The van der Waals surface area contributed by atoms with Gasteiger partial charge in [0.1, 0.15) is 6.42 Å². The largest absolute Gasteiger partial charge is 0.466 e. The lowest BCUT2D eigenvalue weighted by Gasteiger charge is -2.17. The average Bonchev–Trinajstić information content (AvgIpc) is 2.61. The number of ketones is 1. The Labute approximate surface area is 140 Å². The van der Waals surface area contributed by atoms with Crippen LogP contribution >= 0.6 is 0 Å². The number of benzene rings is 2. The maximum absolute atomic E-state index is 12.6. The second-order valence-electron chi connectivity index (χ2n) is 5.19. The lowest BCUT2D eigenvalue weighted by atomic mass is 10.0. The number of esters is 1. The zero-order chi connectivity index (χ0) is 17.5. The molecule has 2 aromatic carbocycles. The van der Waals surface area contributed by atoms with E-state index < -0.39 is 5.97 Å². The summed E-state index contributed by atoms with van der Waals surface area (Å²) in [4.78, 5) is 37.6. The highest BCUT2D eigenvalue weighted by molar-refractivity contribution is 6.09. The Morgan fingerprint density at radius 3 is 2.29 bits per heavy atom. The molecule has 0 saturated heterocycles. The van der Waals surface area contributed by atoms with Gasteiger partial charge in [-0.3, -0.25) is 14.4 Å². The number of Topliss-reactive ketones (excluding diaryl/α,β-unsaturated/α-hetero) is 1. The second kappa shape index (κ2) is 8.06. The molecule has 0 fully saturated rings. The van der Waals surface area contributed by atoms with Crippen LogP contribution in [0, 0.1) is 0 Å². The Kier molecular flexibility index (Phi) is 5.84. The Balaban J connectivity index is 2.16. The van der Waals surface area contributed by atoms with Crippen LogP contribution in [-0.2, 0) is 9.53 Å². The van der Waals surface area contributed by atoms with E-state index in [1.165, 1.54) is 11.0 Å². The van der Waals surface area contributed by atoms with Crippen molar-refractivity contribution in [2.45, 2.75) is 13.3 Å². The summed E-state index contributed by atoms with van der Waals surface area (Å²) >= 11 is 0. The summed E-state index contributed by atoms with van der Waals surface area (Å²) in [6.07, 6.45) is -0.333. The summed E-state index contributed by atoms with van der Waals surface area (Å²) in [5.41, 5.74) is 1.46. The molecular weight excluding hydrogens is 306 g/mol. The van der Waals surface area contributed by atoms with Gasteiger partial charge >= 0.3 is 5.97 Å². The fraction of sp³-hybridized carbons (Fsp3) is 0.211. The summed E-state index contributed by atoms with van der Waals surface area (Å²) in [5.74, 6) is -1.17. The molecular formula is C19H19NO4. The third-order valence-electron chi connectivity index (χ3n) is 3.49. The van der Waals surface area contributed by atoms with E-state index in [2.05, 4.69) is 0 Å². The van der Waals surface area contributed by atoms with Crippen molar-refractivity contribution in [3.8, 4) is 0 Å². The van der Waals surface area contributed by atoms with Crippen LogP contribution in [0.25, 0.3) is 0 Å². The number of nitrogens with zero attached hydrogens (tertiary/aromatic N) is 1. The summed E-state index contributed by atoms with van der Waals surface area (Å²) in [7, 11) is 1.67. The van der Waals surface area contributed by atoms with Gasteiger partial charge in [0.15, 0.2) is 5.78 Å². The van der Waals surface area contributed by atoms with Crippen molar-refractivity contribution >= 4 is 23.3 Å². The predicted octanol–water partition coefficient (Wildman–Crippen LogP) is 3.10. The standard InChI is InChI=1S/C19H19NO4/c1-3-24-18(22)13-17(21)14-8-7-9-15(12-14)19(23)20(2)16-10-5-4-6-11-16/h4-12H,3,13H2,1-2H3. The minimum absolute atomic E-state index is 0.229. The highest BCUT2D eigenvalue weighted by atomic mass is 16.5. The van der Waals surface area contributed by atoms with Gasteiger partial charge in [0.05, 0.1) is 6.61 Å². The number of rotatable bonds is 6. The molecule has 0 aliphatic carbocycles. The van der Waals surface area contributed by atoms with E-state index in [9.17, 15) is 14.4 Å². The minimum atomic E-state index is -0.569. The molecule has 2 rings (SSSR count). The van der Waals surface area contributed by atoms with Crippen LogP contribution in [0.1, 0.15) is 34.1 Å². The van der Waals surface area contributed by atoms with Gasteiger partial charge in [-0.25, -0.2) is 0 Å². The van der Waals surface area contributed by atoms with Crippen molar-refractivity contribution in [2.75, 3.05) is 18.6 Å². The number of anilines is 1. The van der Waals surface area contributed by atoms with Gasteiger partial charge < -0.3 is 9.64 Å². The van der Waals surface area contributed by atoms with Gasteiger partial charge in [-0.2, -0.15) is 0 Å². The number of hydrogen-bond acceptors (Lipinski definition) is 4. The van der Waals surface area contributed by atoms with Crippen molar-refractivity contribution < 1.29 is 19.1 Å². The maximum atomic E-state index is 12.6. The monoisotopic (exact) mass is 325 g/mol. The van der Waals surface area contributed by atoms with Crippen LogP contribution in [0.5, 0.6) is 0 Å². The fourth-order valence-electron chi connectivity index (χ4n) is 2.23. The quantitative estimate of drug-likeness (QED) is 0.465. The Morgan fingerprint density at radius 2 is 1.62 bits per heavy atom. The SMILES string of the molecule is CCOC(=O)CC(=O)c1cccc(C(=O)N(C)c2ccccc2)c1. The van der Waals surface area contributed by atoms with Crippen molar-refractivity contribution in [3.63, 3.8) is 0 Å². The number of amides is 1. The third kappa shape index (κ3) is 4.29. The molecule has 0 N–H and O–H groups in total. The lowest BCUT2D eigenvalue weighted by molar-refractivity contribution is -0.141. The molecule has 0 bridgehead atoms. The number of para-hydroxylation sites is 1. The van der Waals surface area contributed by atoms with Crippen LogP contribution < -0.4 is 4.90 Å². The second-order valence-corrected chi connectivity index (χ2v) is 5.19. The van der Waals surface area contributed by atoms with Crippen molar-refractivity contribution in [2.24, 2.45) is 0 Å². The highest BCUT2D eigenvalue weighted by Crippen LogP contribution is 2.16. The van der Waals surface area contributed by atoms with E-state index in [0.717, 1.165) is 5.69 Å². The maximum Gasteiger partial charge on any atom is 0.313 e. The van der Waals surface area contributed by atoms with Gasteiger partial charge in [0, 0.05) is 23.9 Å². The normalized spacial score (nSPS) is 10.1. The number of ether oxygens (including phenoxy) is 1. The third-order valence-corrected chi connectivity index (χ3v) is 3.49. The summed E-state index contributed by atoms with van der Waals surface area (Å²) in [6, 6.07) is 15.6. The van der Waals surface area contributed by atoms with Gasteiger partial charge in [-0.15, -0.1) is 0 Å². The first kappa shape index (κ1) is 17.4. The van der Waals surface area contributed by atoms with Gasteiger partial charge in [-0.05, 0) is 31.2 Å². The van der Waals surface area contributed by atoms with E-state index in [0.29, 0.717) is 11.1 Å². The first-order valence-corrected chi connectivity index (χ1v) is 7.65. The number of carbonyl (C=O) groups is 3. The zero-order valence-corrected chi connectivity index (χ0v) is 13.7. The van der Waals surface area contributed by atoms with Crippen LogP contribution in [0.3, 0.4) is 0 Å². The molecule has 0 heterocycles. The Bertz CT molecular complexity index is 740. The molecule has 0 aliphatic heterocycles. The molecule has 0 unspecified atom stereocenters. The Hall–Kier alpha value is -2.95. The fourth-order valence-corrected chi connectivity index (χ4v) is 2.23. The first-order valence-electron chi connectivity index (χ1n) is 7.65. The summed E-state index contributed by atoms with van der Waals surface area (Å²) in [6.45, 7) is 1.91. The van der Waals surface area contributed by atoms with Crippen molar-refractivity contribution in [1.29, 1.82) is 0 Å². The van der Waals surface area contributed by atoms with E-state index in [4.69, 9.17) is 4.74 Å². The zero-order valence-electron chi connectivity index (χ0n) is 13.7. The summed E-state index contributed by atoms with van der Waals surface area (Å²) in [5, 5.41) is 0. The van der Waals surface area contributed by atoms with Crippen LogP contribution in [0.2, 0.25) is 0 Å². The molecule has 24 heavy (non-hydrogen) atoms. The molecule has 5 heteroatoms. The molecule has 5 nitrogen and oxygen atoms in total. The molecule has 0 saturated carbocycles. The van der Waals surface area contributed by atoms with E-state index >= 15 is 0 Å². The molecule has 0 spiro atoms. The number of carbonyl (C=O) groups excluding carboxylic acids is 3. The molecule has 2 aromatic rings. The molecule has 0 aromatic heterocycles. The molecule has 0 atom stereocenters. The molecule has 1 amide bonds. The van der Waals surface area contributed by atoms with Gasteiger partial charge in [0.25, 0.3) is 5.91 Å². The number of hydrogen-bond donors (Lipinski definition) is 0. The molecule has 124 valence electrons.